The summed E-state index contributed by atoms with van der Waals surface area (Å²) >= 11 is 0. The van der Waals surface area contributed by atoms with Crippen LogP contribution in [0, 0.1) is 0 Å². The van der Waals surface area contributed by atoms with E-state index in [1.165, 1.54) is 12.8 Å². The predicted molar refractivity (Wildman–Crippen MR) is 46.2 cm³/mol. The Kier molecular flexibility index (Phi) is 2.63. The van der Waals surface area contributed by atoms with Crippen molar-refractivity contribution in [3.05, 3.63) is 0 Å². The average molecular weight is 171 g/mol. The van der Waals surface area contributed by atoms with Crippen molar-refractivity contribution in [1.29, 1.82) is 0 Å². The molecule has 2 unspecified atom stereocenters. The maximum Gasteiger partial charge on any atom is 0.0622 e. The number of rotatable bonds is 3. The molecule has 2 fully saturated rings. The number of morpholine rings is 1. The summed E-state index contributed by atoms with van der Waals surface area (Å²) in [4.78, 5) is 2.55. The molecule has 2 saturated heterocycles. The molecule has 2 aliphatic rings. The average Bonchev–Trinajstić information content (AvgIpc) is 2.36. The minimum Gasteiger partial charge on any atom is -0.383 e. The lowest BCUT2D eigenvalue weighted by Crippen LogP contribution is -2.47. The molecule has 2 atom stereocenters. The van der Waals surface area contributed by atoms with Crippen molar-refractivity contribution in [3.63, 3.8) is 0 Å². The van der Waals surface area contributed by atoms with E-state index >= 15 is 0 Å². The second-order valence-corrected chi connectivity index (χ2v) is 3.65. The Morgan fingerprint density at radius 3 is 2.58 bits per heavy atom. The lowest BCUT2D eigenvalue weighted by atomic mass is 10.2. The summed E-state index contributed by atoms with van der Waals surface area (Å²) < 4.78 is 10.6. The van der Waals surface area contributed by atoms with E-state index in [-0.39, 0.29) is 0 Å². The highest BCUT2D eigenvalue weighted by atomic mass is 16.5. The molecule has 2 aliphatic heterocycles. The number of ether oxygens (including phenoxy) is 2. The fourth-order valence-electron chi connectivity index (χ4n) is 2.27. The fraction of sp³-hybridized carbons (Fsp3) is 1.00. The van der Waals surface area contributed by atoms with Crippen LogP contribution in [0.3, 0.4) is 0 Å². The quantitative estimate of drug-likeness (QED) is 0.617. The van der Waals surface area contributed by atoms with E-state index in [9.17, 15) is 0 Å². The van der Waals surface area contributed by atoms with Crippen LogP contribution in [0.2, 0.25) is 0 Å². The molecule has 0 radical (unpaired) electrons. The summed E-state index contributed by atoms with van der Waals surface area (Å²) in [6, 6.07) is 1.36. The molecule has 0 amide bonds. The molecule has 2 bridgehead atoms. The Bertz CT molecular complexity index is 135. The molecule has 0 saturated carbocycles. The summed E-state index contributed by atoms with van der Waals surface area (Å²) in [5.74, 6) is 0. The SMILES string of the molecule is COCCN1C2CCC1COC2. The Labute approximate surface area is 73.6 Å². The van der Waals surface area contributed by atoms with Crippen molar-refractivity contribution in [2.45, 2.75) is 24.9 Å². The van der Waals surface area contributed by atoms with Gasteiger partial charge < -0.3 is 9.47 Å². The van der Waals surface area contributed by atoms with Crippen molar-refractivity contribution in [3.8, 4) is 0 Å². The topological polar surface area (TPSA) is 21.7 Å². The van der Waals surface area contributed by atoms with Crippen LogP contribution < -0.4 is 0 Å². The summed E-state index contributed by atoms with van der Waals surface area (Å²) in [5, 5.41) is 0. The number of hydrogen-bond acceptors (Lipinski definition) is 3. The predicted octanol–water partition coefficient (Wildman–Crippen LogP) is 0.496. The third-order valence-electron chi connectivity index (χ3n) is 2.95. The molecule has 0 N–H and O–H groups in total. The maximum absolute atomic E-state index is 5.48. The summed E-state index contributed by atoms with van der Waals surface area (Å²) in [5.41, 5.74) is 0. The Morgan fingerprint density at radius 1 is 1.33 bits per heavy atom. The van der Waals surface area contributed by atoms with Crippen LogP contribution in [0.25, 0.3) is 0 Å². The van der Waals surface area contributed by atoms with Gasteiger partial charge in [0.25, 0.3) is 0 Å². The second kappa shape index (κ2) is 3.73. The van der Waals surface area contributed by atoms with Crippen molar-refractivity contribution in [2.24, 2.45) is 0 Å². The molecular formula is C9H17NO2. The van der Waals surface area contributed by atoms with Crippen LogP contribution in [0.15, 0.2) is 0 Å². The minimum absolute atomic E-state index is 0.680. The van der Waals surface area contributed by atoms with Crippen molar-refractivity contribution in [1.82, 2.24) is 4.90 Å². The maximum atomic E-state index is 5.48. The summed E-state index contributed by atoms with van der Waals surface area (Å²) in [6.07, 6.45) is 2.63. The van der Waals surface area contributed by atoms with Gasteiger partial charge in [0.1, 0.15) is 0 Å². The molecule has 2 rings (SSSR count). The lowest BCUT2D eigenvalue weighted by Gasteiger charge is -2.34. The van der Waals surface area contributed by atoms with Crippen LogP contribution in [0.5, 0.6) is 0 Å². The van der Waals surface area contributed by atoms with E-state index in [1.807, 2.05) is 0 Å². The molecule has 3 heteroatoms. The normalized spacial score (nSPS) is 35.8. The van der Waals surface area contributed by atoms with Gasteiger partial charge >= 0.3 is 0 Å². The highest BCUT2D eigenvalue weighted by Gasteiger charge is 2.36. The Balaban J connectivity index is 1.87. The van der Waals surface area contributed by atoms with Gasteiger partial charge in [-0.3, -0.25) is 4.90 Å². The molecule has 12 heavy (non-hydrogen) atoms. The zero-order valence-electron chi connectivity index (χ0n) is 7.66. The Hall–Kier alpha value is -0.120. The van der Waals surface area contributed by atoms with E-state index in [1.54, 1.807) is 7.11 Å². The first-order valence-corrected chi connectivity index (χ1v) is 4.74. The molecule has 70 valence electrons. The zero-order valence-corrected chi connectivity index (χ0v) is 7.66. The van der Waals surface area contributed by atoms with E-state index in [2.05, 4.69) is 4.90 Å². The largest absolute Gasteiger partial charge is 0.383 e. The van der Waals surface area contributed by atoms with Gasteiger partial charge in [0.15, 0.2) is 0 Å². The second-order valence-electron chi connectivity index (χ2n) is 3.65. The molecule has 0 aromatic carbocycles. The van der Waals surface area contributed by atoms with Gasteiger partial charge in [0, 0.05) is 25.7 Å². The van der Waals surface area contributed by atoms with Crippen LogP contribution in [0.4, 0.5) is 0 Å². The third kappa shape index (κ3) is 1.49. The fourth-order valence-corrected chi connectivity index (χ4v) is 2.27. The summed E-state index contributed by atoms with van der Waals surface area (Å²) in [6.45, 7) is 3.79. The van der Waals surface area contributed by atoms with E-state index in [4.69, 9.17) is 9.47 Å². The highest BCUT2D eigenvalue weighted by Crippen LogP contribution is 2.27. The van der Waals surface area contributed by atoms with Crippen LogP contribution in [-0.4, -0.2) is 50.5 Å². The van der Waals surface area contributed by atoms with Crippen molar-refractivity contribution < 1.29 is 9.47 Å². The van der Waals surface area contributed by atoms with Crippen LogP contribution in [-0.2, 0) is 9.47 Å². The molecule has 0 aromatic heterocycles. The smallest absolute Gasteiger partial charge is 0.0622 e. The molecule has 2 heterocycles. The standard InChI is InChI=1S/C9H17NO2/c1-11-5-4-10-8-2-3-9(10)7-12-6-8/h8-9H,2-7H2,1H3. The number of hydrogen-bond donors (Lipinski definition) is 0. The molecule has 0 aromatic rings. The zero-order chi connectivity index (χ0) is 8.39. The summed E-state index contributed by atoms with van der Waals surface area (Å²) in [7, 11) is 1.77. The minimum atomic E-state index is 0.680. The molecule has 0 aliphatic carbocycles. The first kappa shape index (κ1) is 8.48. The molecule has 3 nitrogen and oxygen atoms in total. The van der Waals surface area contributed by atoms with E-state index in [0.717, 1.165) is 26.4 Å². The highest BCUT2D eigenvalue weighted by molar-refractivity contribution is 4.90. The van der Waals surface area contributed by atoms with Gasteiger partial charge in [-0.15, -0.1) is 0 Å². The van der Waals surface area contributed by atoms with Gasteiger partial charge in [-0.25, -0.2) is 0 Å². The number of fused-ring (bicyclic) bond motifs is 2. The molecular weight excluding hydrogens is 154 g/mol. The first-order chi connectivity index (χ1) is 5.92. The van der Waals surface area contributed by atoms with Gasteiger partial charge in [0.05, 0.1) is 19.8 Å². The number of nitrogens with zero attached hydrogens (tertiary/aromatic N) is 1. The van der Waals surface area contributed by atoms with Gasteiger partial charge in [0.2, 0.25) is 0 Å². The molecule has 0 spiro atoms. The first-order valence-electron chi connectivity index (χ1n) is 4.74. The Morgan fingerprint density at radius 2 is 2.00 bits per heavy atom. The van der Waals surface area contributed by atoms with Gasteiger partial charge in [-0.05, 0) is 12.8 Å². The van der Waals surface area contributed by atoms with Gasteiger partial charge in [-0.2, -0.15) is 0 Å². The third-order valence-corrected chi connectivity index (χ3v) is 2.95. The number of methoxy groups -OCH3 is 1. The van der Waals surface area contributed by atoms with E-state index < -0.39 is 0 Å². The van der Waals surface area contributed by atoms with Crippen LogP contribution >= 0.6 is 0 Å². The van der Waals surface area contributed by atoms with Gasteiger partial charge in [-0.1, -0.05) is 0 Å². The van der Waals surface area contributed by atoms with Crippen LogP contribution in [0.1, 0.15) is 12.8 Å². The van der Waals surface area contributed by atoms with E-state index in [0.29, 0.717) is 12.1 Å². The van der Waals surface area contributed by atoms with Crippen molar-refractivity contribution >= 4 is 0 Å². The monoisotopic (exact) mass is 171 g/mol. The van der Waals surface area contributed by atoms with Crippen molar-refractivity contribution in [2.75, 3.05) is 33.5 Å². The lowest BCUT2D eigenvalue weighted by molar-refractivity contribution is -0.0233.